The van der Waals surface area contributed by atoms with Gasteiger partial charge in [-0.2, -0.15) is 5.10 Å². The van der Waals surface area contributed by atoms with Gasteiger partial charge >= 0.3 is 0 Å². The van der Waals surface area contributed by atoms with Gasteiger partial charge in [-0.05, 0) is 24.5 Å². The van der Waals surface area contributed by atoms with Gasteiger partial charge < -0.3 is 5.73 Å². The summed E-state index contributed by atoms with van der Waals surface area (Å²) in [5, 5.41) is 4.29. The maximum absolute atomic E-state index is 6.00. The Morgan fingerprint density at radius 3 is 2.90 bits per heavy atom. The molecule has 106 valence electrons. The predicted molar refractivity (Wildman–Crippen MR) is 81.3 cm³/mol. The second-order valence-corrected chi connectivity index (χ2v) is 5.85. The minimum absolute atomic E-state index is 0.335. The van der Waals surface area contributed by atoms with E-state index >= 15 is 0 Å². The zero-order valence-electron chi connectivity index (χ0n) is 12.2. The molecule has 1 aliphatic rings. The van der Waals surface area contributed by atoms with Gasteiger partial charge in [-0.1, -0.05) is 23.8 Å². The van der Waals surface area contributed by atoms with Crippen molar-refractivity contribution in [1.82, 2.24) is 14.7 Å². The highest BCUT2D eigenvalue weighted by molar-refractivity contribution is 5.66. The van der Waals surface area contributed by atoms with Crippen LogP contribution in [0.3, 0.4) is 0 Å². The number of hydrogen-bond donors (Lipinski definition) is 1. The average Bonchev–Trinajstić information content (AvgIpc) is 3.01. The summed E-state index contributed by atoms with van der Waals surface area (Å²) >= 11 is 0. The monoisotopic (exact) mass is 270 g/mol. The fourth-order valence-corrected chi connectivity index (χ4v) is 2.90. The Balaban J connectivity index is 1.90. The number of nitrogens with two attached hydrogens (primary N) is 1. The van der Waals surface area contributed by atoms with Crippen LogP contribution >= 0.6 is 0 Å². The van der Waals surface area contributed by atoms with E-state index in [0.717, 1.165) is 26.1 Å². The Morgan fingerprint density at radius 2 is 2.25 bits per heavy atom. The van der Waals surface area contributed by atoms with E-state index < -0.39 is 0 Å². The molecule has 20 heavy (non-hydrogen) atoms. The highest BCUT2D eigenvalue weighted by Gasteiger charge is 2.20. The van der Waals surface area contributed by atoms with E-state index in [-0.39, 0.29) is 0 Å². The summed E-state index contributed by atoms with van der Waals surface area (Å²) in [5.41, 5.74) is 11.1. The Labute approximate surface area is 120 Å². The van der Waals surface area contributed by atoms with Crippen molar-refractivity contribution in [2.24, 2.45) is 12.8 Å². The molecule has 2 N–H and O–H groups in total. The van der Waals surface area contributed by atoms with E-state index in [1.165, 1.54) is 22.3 Å². The minimum Gasteiger partial charge on any atom is -0.326 e. The van der Waals surface area contributed by atoms with Crippen molar-refractivity contribution in [3.63, 3.8) is 0 Å². The van der Waals surface area contributed by atoms with Gasteiger partial charge in [0.15, 0.2) is 0 Å². The van der Waals surface area contributed by atoms with Crippen molar-refractivity contribution < 1.29 is 0 Å². The van der Waals surface area contributed by atoms with Crippen molar-refractivity contribution in [2.75, 3.05) is 13.1 Å². The topological polar surface area (TPSA) is 47.1 Å². The number of rotatable bonds is 3. The van der Waals surface area contributed by atoms with Crippen LogP contribution in [0.5, 0.6) is 0 Å². The molecule has 1 aromatic heterocycles. The van der Waals surface area contributed by atoms with Gasteiger partial charge in [-0.25, -0.2) is 0 Å². The van der Waals surface area contributed by atoms with Gasteiger partial charge in [0.2, 0.25) is 0 Å². The molecule has 2 heterocycles. The van der Waals surface area contributed by atoms with Crippen LogP contribution < -0.4 is 5.73 Å². The lowest BCUT2D eigenvalue weighted by Crippen LogP contribution is -2.26. The molecule has 1 atom stereocenters. The van der Waals surface area contributed by atoms with Gasteiger partial charge in [0.25, 0.3) is 0 Å². The van der Waals surface area contributed by atoms with Crippen LogP contribution in [-0.4, -0.2) is 33.8 Å². The molecule has 1 aromatic carbocycles. The summed E-state index contributed by atoms with van der Waals surface area (Å²) in [6.45, 7) is 5.20. The van der Waals surface area contributed by atoms with Crippen molar-refractivity contribution in [2.45, 2.75) is 25.9 Å². The lowest BCUT2D eigenvalue weighted by Gasteiger charge is -2.18. The summed E-state index contributed by atoms with van der Waals surface area (Å²) in [4.78, 5) is 2.44. The first-order valence-electron chi connectivity index (χ1n) is 7.18. The number of benzene rings is 1. The van der Waals surface area contributed by atoms with Crippen molar-refractivity contribution >= 4 is 0 Å². The third-order valence-electron chi connectivity index (χ3n) is 3.98. The van der Waals surface area contributed by atoms with Gasteiger partial charge in [0, 0.05) is 44.5 Å². The van der Waals surface area contributed by atoms with E-state index in [0.29, 0.717) is 6.04 Å². The summed E-state index contributed by atoms with van der Waals surface area (Å²) in [6, 6.07) is 7.01. The normalized spacial score (nSPS) is 19.6. The summed E-state index contributed by atoms with van der Waals surface area (Å²) < 4.78 is 1.85. The smallest absolute Gasteiger partial charge is 0.0568 e. The molecule has 1 saturated heterocycles. The maximum Gasteiger partial charge on any atom is 0.0568 e. The highest BCUT2D eigenvalue weighted by atomic mass is 15.2. The lowest BCUT2D eigenvalue weighted by molar-refractivity contribution is 0.327. The molecule has 0 saturated carbocycles. The third-order valence-corrected chi connectivity index (χ3v) is 3.98. The van der Waals surface area contributed by atoms with Gasteiger partial charge in [0.1, 0.15) is 0 Å². The zero-order chi connectivity index (χ0) is 14.1. The Morgan fingerprint density at radius 1 is 1.40 bits per heavy atom. The molecule has 1 aliphatic heterocycles. The average molecular weight is 270 g/mol. The molecule has 0 amide bonds. The Bertz CT molecular complexity index is 602. The van der Waals surface area contributed by atoms with E-state index in [4.69, 9.17) is 5.73 Å². The van der Waals surface area contributed by atoms with E-state index in [9.17, 15) is 0 Å². The Hall–Kier alpha value is -1.65. The molecule has 3 rings (SSSR count). The van der Waals surface area contributed by atoms with Gasteiger partial charge in [-0.3, -0.25) is 9.58 Å². The molecule has 4 nitrogen and oxygen atoms in total. The lowest BCUT2D eigenvalue weighted by atomic mass is 9.99. The second kappa shape index (κ2) is 5.38. The molecule has 4 heteroatoms. The number of likely N-dealkylation sites (tertiary alicyclic amines) is 1. The van der Waals surface area contributed by atoms with Crippen LogP contribution in [0.2, 0.25) is 0 Å². The SMILES string of the molecule is Cc1ccc(CN2CC[C@H](N)C2)c(-c2cnn(C)c2)c1. The van der Waals surface area contributed by atoms with E-state index in [1.54, 1.807) is 0 Å². The first-order chi connectivity index (χ1) is 9.61. The molecule has 0 aliphatic carbocycles. The number of hydrogen-bond acceptors (Lipinski definition) is 3. The molecular weight excluding hydrogens is 248 g/mol. The predicted octanol–water partition coefficient (Wildman–Crippen LogP) is 1.93. The number of aromatic nitrogens is 2. The van der Waals surface area contributed by atoms with E-state index in [2.05, 4.69) is 41.3 Å². The van der Waals surface area contributed by atoms with Crippen LogP contribution in [0.15, 0.2) is 30.6 Å². The second-order valence-electron chi connectivity index (χ2n) is 5.85. The quantitative estimate of drug-likeness (QED) is 0.927. The first kappa shape index (κ1) is 13.3. The third kappa shape index (κ3) is 2.76. The van der Waals surface area contributed by atoms with Crippen LogP contribution in [0.4, 0.5) is 0 Å². The summed E-state index contributed by atoms with van der Waals surface area (Å²) in [5.74, 6) is 0. The molecule has 0 radical (unpaired) electrons. The first-order valence-corrected chi connectivity index (χ1v) is 7.18. The molecule has 0 spiro atoms. The van der Waals surface area contributed by atoms with E-state index in [1.807, 2.05) is 17.9 Å². The minimum atomic E-state index is 0.335. The molecule has 0 unspecified atom stereocenters. The van der Waals surface area contributed by atoms with Gasteiger partial charge in [-0.15, -0.1) is 0 Å². The fourth-order valence-electron chi connectivity index (χ4n) is 2.90. The molecular formula is C16H22N4. The molecule has 2 aromatic rings. The standard InChI is InChI=1S/C16H22N4/c1-12-3-4-13(10-20-6-5-15(17)11-20)16(7-12)14-8-18-19(2)9-14/h3-4,7-9,15H,5-6,10-11,17H2,1-2H3/t15-/m0/s1. The highest BCUT2D eigenvalue weighted by Crippen LogP contribution is 2.26. The zero-order valence-corrected chi connectivity index (χ0v) is 12.2. The van der Waals surface area contributed by atoms with Crippen molar-refractivity contribution in [1.29, 1.82) is 0 Å². The molecule has 1 fully saturated rings. The van der Waals surface area contributed by atoms with Crippen LogP contribution in [0, 0.1) is 6.92 Å². The van der Waals surface area contributed by atoms with Crippen molar-refractivity contribution in [3.8, 4) is 11.1 Å². The fraction of sp³-hybridized carbons (Fsp3) is 0.438. The molecule has 0 bridgehead atoms. The van der Waals surface area contributed by atoms with Crippen LogP contribution in [0.25, 0.3) is 11.1 Å². The Kier molecular flexibility index (Phi) is 3.59. The van der Waals surface area contributed by atoms with Crippen molar-refractivity contribution in [3.05, 3.63) is 41.7 Å². The number of aryl methyl sites for hydroxylation is 2. The van der Waals surface area contributed by atoms with Crippen LogP contribution in [-0.2, 0) is 13.6 Å². The summed E-state index contributed by atoms with van der Waals surface area (Å²) in [7, 11) is 1.96. The number of nitrogens with zero attached hydrogens (tertiary/aromatic N) is 3. The van der Waals surface area contributed by atoms with Crippen LogP contribution in [0.1, 0.15) is 17.5 Å². The summed E-state index contributed by atoms with van der Waals surface area (Å²) in [6.07, 6.45) is 5.12. The van der Waals surface area contributed by atoms with Gasteiger partial charge in [0.05, 0.1) is 6.20 Å². The largest absolute Gasteiger partial charge is 0.326 e. The maximum atomic E-state index is 6.00.